The molecule has 0 aliphatic heterocycles. The second-order valence-electron chi connectivity index (χ2n) is 3.27. The zero-order valence-electron chi connectivity index (χ0n) is 8.25. The Labute approximate surface area is 84.0 Å². The van der Waals surface area contributed by atoms with Gasteiger partial charge in [-0.25, -0.2) is 4.98 Å². The monoisotopic (exact) mass is 185 g/mol. The molecule has 2 rings (SSSR count). The third kappa shape index (κ3) is 1.84. The minimum atomic E-state index is 0.969. The van der Waals surface area contributed by atoms with Crippen molar-refractivity contribution in [2.24, 2.45) is 0 Å². The fourth-order valence-electron chi connectivity index (χ4n) is 1.37. The number of aromatic nitrogens is 1. The minimum Gasteiger partial charge on any atom is -0.383 e. The molecule has 1 N–H and O–H groups in total. The molecular formula is C12H13N2. The molecule has 0 atom stereocenters. The summed E-state index contributed by atoms with van der Waals surface area (Å²) in [5, 5.41) is 4.43. The number of para-hydroxylation sites is 1. The molecule has 1 radical (unpaired) electrons. The van der Waals surface area contributed by atoms with Gasteiger partial charge in [-0.05, 0) is 18.6 Å². The maximum atomic E-state index is 4.25. The van der Waals surface area contributed by atoms with Gasteiger partial charge in [0.25, 0.3) is 0 Å². The zero-order valence-corrected chi connectivity index (χ0v) is 8.25. The molecule has 0 bridgehead atoms. The van der Waals surface area contributed by atoms with Crippen LogP contribution >= 0.6 is 0 Å². The number of fused-ring (bicyclic) bond motifs is 1. The molecule has 1 aromatic heterocycles. The smallest absolute Gasteiger partial charge is 0.115 e. The van der Waals surface area contributed by atoms with Crippen LogP contribution in [0.1, 0.15) is 13.3 Å². The summed E-state index contributed by atoms with van der Waals surface area (Å²) in [7, 11) is 0. The predicted octanol–water partition coefficient (Wildman–Crippen LogP) is 2.86. The first-order valence-electron chi connectivity index (χ1n) is 4.91. The molecule has 0 fully saturated rings. The number of pyridine rings is 1. The predicted molar refractivity (Wildman–Crippen MR) is 59.4 cm³/mol. The van der Waals surface area contributed by atoms with Gasteiger partial charge in [0.1, 0.15) is 6.20 Å². The summed E-state index contributed by atoms with van der Waals surface area (Å²) in [6.45, 7) is 3.11. The molecule has 1 heterocycles. The lowest BCUT2D eigenvalue weighted by Gasteiger charge is -2.04. The second-order valence-corrected chi connectivity index (χ2v) is 3.27. The Balaban J connectivity index is 2.32. The lowest BCUT2D eigenvalue weighted by atomic mass is 10.2. The number of nitrogens with one attached hydrogen (secondary N) is 1. The topological polar surface area (TPSA) is 24.9 Å². The van der Waals surface area contributed by atoms with Gasteiger partial charge < -0.3 is 5.32 Å². The molecule has 0 unspecified atom stereocenters. The number of rotatable bonds is 3. The molecule has 0 aliphatic carbocycles. The Morgan fingerprint density at radius 1 is 1.36 bits per heavy atom. The van der Waals surface area contributed by atoms with E-state index in [2.05, 4.69) is 35.6 Å². The van der Waals surface area contributed by atoms with E-state index < -0.39 is 0 Å². The van der Waals surface area contributed by atoms with Gasteiger partial charge in [0.2, 0.25) is 0 Å². The molecule has 1 aromatic carbocycles. The summed E-state index contributed by atoms with van der Waals surface area (Å²) in [5.41, 5.74) is 1.97. The quantitative estimate of drug-likeness (QED) is 0.795. The standard InChI is InChI=1S/C12H13N2/c1-2-7-13-11-8-10-5-3-4-6-12(10)14-9-11/h3-6,8,13H,2,7H2,1H3. The van der Waals surface area contributed by atoms with Gasteiger partial charge in [-0.1, -0.05) is 25.1 Å². The van der Waals surface area contributed by atoms with Crippen LogP contribution in [0.3, 0.4) is 0 Å². The van der Waals surface area contributed by atoms with Gasteiger partial charge in [0.05, 0.1) is 11.2 Å². The van der Waals surface area contributed by atoms with E-state index in [4.69, 9.17) is 0 Å². The number of hydrogen-bond donors (Lipinski definition) is 1. The highest BCUT2D eigenvalue weighted by atomic mass is 14.9. The highest BCUT2D eigenvalue weighted by Gasteiger charge is 1.95. The third-order valence-electron chi connectivity index (χ3n) is 2.10. The van der Waals surface area contributed by atoms with Crippen LogP contribution in [0.25, 0.3) is 10.9 Å². The van der Waals surface area contributed by atoms with Crippen LogP contribution in [0.2, 0.25) is 0 Å². The van der Waals surface area contributed by atoms with Crippen LogP contribution in [0, 0.1) is 6.20 Å². The lowest BCUT2D eigenvalue weighted by Crippen LogP contribution is -2.00. The van der Waals surface area contributed by atoms with Crippen molar-refractivity contribution in [2.45, 2.75) is 13.3 Å². The maximum Gasteiger partial charge on any atom is 0.115 e. The van der Waals surface area contributed by atoms with E-state index in [1.165, 1.54) is 0 Å². The fourth-order valence-corrected chi connectivity index (χ4v) is 1.37. The normalized spacial score (nSPS) is 10.4. The van der Waals surface area contributed by atoms with Crippen molar-refractivity contribution in [3.63, 3.8) is 0 Å². The number of hydrogen-bond acceptors (Lipinski definition) is 2. The van der Waals surface area contributed by atoms with E-state index >= 15 is 0 Å². The first kappa shape index (κ1) is 9.00. The van der Waals surface area contributed by atoms with E-state index in [1.807, 2.05) is 18.2 Å². The van der Waals surface area contributed by atoms with Crippen molar-refractivity contribution < 1.29 is 0 Å². The van der Waals surface area contributed by atoms with Crippen molar-refractivity contribution in [1.82, 2.24) is 4.98 Å². The molecule has 0 amide bonds. The molecule has 0 aliphatic rings. The Hall–Kier alpha value is -1.57. The maximum absolute atomic E-state index is 4.25. The Morgan fingerprint density at radius 2 is 2.21 bits per heavy atom. The molecule has 71 valence electrons. The summed E-state index contributed by atoms with van der Waals surface area (Å²) in [5.74, 6) is 0. The summed E-state index contributed by atoms with van der Waals surface area (Å²) in [4.78, 5) is 4.25. The molecule has 2 heteroatoms. The van der Waals surface area contributed by atoms with Gasteiger partial charge in [-0.3, -0.25) is 0 Å². The summed E-state index contributed by atoms with van der Waals surface area (Å²) >= 11 is 0. The Bertz CT molecular complexity index is 423. The van der Waals surface area contributed by atoms with E-state index in [1.54, 1.807) is 0 Å². The molecule has 0 spiro atoms. The van der Waals surface area contributed by atoms with Crippen molar-refractivity contribution in [3.8, 4) is 0 Å². The van der Waals surface area contributed by atoms with Gasteiger partial charge >= 0.3 is 0 Å². The van der Waals surface area contributed by atoms with E-state index in [0.717, 1.165) is 29.6 Å². The van der Waals surface area contributed by atoms with Gasteiger partial charge in [-0.2, -0.15) is 0 Å². The molecule has 14 heavy (non-hydrogen) atoms. The molecule has 0 saturated heterocycles. The van der Waals surface area contributed by atoms with Crippen LogP contribution in [0.15, 0.2) is 30.3 Å². The van der Waals surface area contributed by atoms with Gasteiger partial charge in [0, 0.05) is 11.9 Å². The highest BCUT2D eigenvalue weighted by Crippen LogP contribution is 2.15. The third-order valence-corrected chi connectivity index (χ3v) is 2.10. The van der Waals surface area contributed by atoms with Crippen molar-refractivity contribution in [1.29, 1.82) is 0 Å². The zero-order chi connectivity index (χ0) is 9.80. The average molecular weight is 185 g/mol. The van der Waals surface area contributed by atoms with Crippen LogP contribution in [-0.4, -0.2) is 11.5 Å². The highest BCUT2D eigenvalue weighted by molar-refractivity contribution is 5.81. The van der Waals surface area contributed by atoms with E-state index in [0.29, 0.717) is 0 Å². The summed E-state index contributed by atoms with van der Waals surface area (Å²) < 4.78 is 0. The Kier molecular flexibility index (Phi) is 2.63. The van der Waals surface area contributed by atoms with Crippen LogP contribution in [0.4, 0.5) is 5.69 Å². The van der Waals surface area contributed by atoms with Gasteiger partial charge in [-0.15, -0.1) is 0 Å². The average Bonchev–Trinajstić information content (AvgIpc) is 2.26. The molecule has 2 aromatic rings. The van der Waals surface area contributed by atoms with Crippen molar-refractivity contribution in [3.05, 3.63) is 36.5 Å². The van der Waals surface area contributed by atoms with E-state index in [9.17, 15) is 0 Å². The van der Waals surface area contributed by atoms with Crippen LogP contribution < -0.4 is 5.32 Å². The Morgan fingerprint density at radius 3 is 3.07 bits per heavy atom. The first-order chi connectivity index (χ1) is 6.90. The SMILES string of the molecule is CCCNc1[c]nc2ccccc2c1. The second kappa shape index (κ2) is 4.09. The minimum absolute atomic E-state index is 0.969. The molecular weight excluding hydrogens is 172 g/mol. The number of anilines is 1. The molecule has 2 nitrogen and oxygen atoms in total. The van der Waals surface area contributed by atoms with Crippen LogP contribution in [0.5, 0.6) is 0 Å². The number of nitrogens with zero attached hydrogens (tertiary/aromatic N) is 1. The lowest BCUT2D eigenvalue weighted by molar-refractivity contribution is 0.978. The fraction of sp³-hybridized carbons (Fsp3) is 0.250. The summed E-state index contributed by atoms with van der Waals surface area (Å²) in [6.07, 6.45) is 4.10. The van der Waals surface area contributed by atoms with Crippen LogP contribution in [-0.2, 0) is 0 Å². The first-order valence-corrected chi connectivity index (χ1v) is 4.91. The van der Waals surface area contributed by atoms with E-state index in [-0.39, 0.29) is 0 Å². The van der Waals surface area contributed by atoms with Crippen molar-refractivity contribution in [2.75, 3.05) is 11.9 Å². The number of benzene rings is 1. The van der Waals surface area contributed by atoms with Crippen molar-refractivity contribution >= 4 is 16.6 Å². The summed E-state index contributed by atoms with van der Waals surface area (Å²) in [6, 6.07) is 10.1. The van der Waals surface area contributed by atoms with Gasteiger partial charge in [0.15, 0.2) is 0 Å². The largest absolute Gasteiger partial charge is 0.383 e. The molecule has 0 saturated carbocycles.